The van der Waals surface area contributed by atoms with E-state index < -0.39 is 12.0 Å². The molecule has 0 saturated carbocycles. The SMILES string of the molecule is CCCCCCCCC/C=C/CCCCCC(=O)NCCCC[C@@H](C(=O)O)N(C)C. The molecule has 30 heavy (non-hydrogen) atoms. The molecule has 1 amide bonds. The van der Waals surface area contributed by atoms with Crippen molar-refractivity contribution in [2.45, 2.75) is 116 Å². The number of carbonyl (C=O) groups excluding carboxylic acids is 1. The van der Waals surface area contributed by atoms with Crippen LogP contribution in [0.1, 0.15) is 110 Å². The fourth-order valence-electron chi connectivity index (χ4n) is 3.56. The topological polar surface area (TPSA) is 69.6 Å². The van der Waals surface area contributed by atoms with Crippen LogP contribution >= 0.6 is 0 Å². The number of unbranched alkanes of at least 4 members (excludes halogenated alkanes) is 11. The lowest BCUT2D eigenvalue weighted by atomic mass is 10.1. The van der Waals surface area contributed by atoms with Crippen molar-refractivity contribution in [3.05, 3.63) is 12.2 Å². The lowest BCUT2D eigenvalue weighted by molar-refractivity contribution is -0.142. The van der Waals surface area contributed by atoms with Gasteiger partial charge < -0.3 is 10.4 Å². The fourth-order valence-corrected chi connectivity index (χ4v) is 3.56. The molecule has 0 aliphatic rings. The molecule has 0 bridgehead atoms. The van der Waals surface area contributed by atoms with Crippen molar-refractivity contribution in [1.82, 2.24) is 10.2 Å². The minimum Gasteiger partial charge on any atom is -0.480 e. The molecule has 2 N–H and O–H groups in total. The smallest absolute Gasteiger partial charge is 0.320 e. The van der Waals surface area contributed by atoms with Crippen LogP contribution in [0.15, 0.2) is 12.2 Å². The third kappa shape index (κ3) is 18.7. The summed E-state index contributed by atoms with van der Waals surface area (Å²) in [4.78, 5) is 24.7. The maximum atomic E-state index is 11.8. The number of likely N-dealkylation sites (N-methyl/N-ethyl adjacent to an activating group) is 1. The van der Waals surface area contributed by atoms with Crippen molar-refractivity contribution in [1.29, 1.82) is 0 Å². The summed E-state index contributed by atoms with van der Waals surface area (Å²) in [5, 5.41) is 12.1. The molecule has 0 saturated heterocycles. The quantitative estimate of drug-likeness (QED) is 0.177. The molecule has 0 fully saturated rings. The molecular formula is C25H48N2O3. The molecule has 176 valence electrons. The van der Waals surface area contributed by atoms with E-state index in [0.29, 0.717) is 19.4 Å². The molecule has 5 heteroatoms. The number of amides is 1. The number of carbonyl (C=O) groups is 2. The second kappa shape index (κ2) is 20.9. The molecule has 0 unspecified atom stereocenters. The molecule has 5 nitrogen and oxygen atoms in total. The minimum absolute atomic E-state index is 0.117. The maximum absolute atomic E-state index is 11.8. The fraction of sp³-hybridized carbons (Fsp3) is 0.840. The summed E-state index contributed by atoms with van der Waals surface area (Å²) in [5.74, 6) is -0.663. The summed E-state index contributed by atoms with van der Waals surface area (Å²) >= 11 is 0. The Morgan fingerprint density at radius 1 is 0.833 bits per heavy atom. The van der Waals surface area contributed by atoms with Gasteiger partial charge in [0.15, 0.2) is 0 Å². The number of nitrogens with zero attached hydrogens (tertiary/aromatic N) is 1. The highest BCUT2D eigenvalue weighted by Gasteiger charge is 2.18. The Kier molecular flexibility index (Phi) is 19.9. The van der Waals surface area contributed by atoms with Crippen LogP contribution < -0.4 is 5.32 Å². The normalized spacial score (nSPS) is 12.5. The Hall–Kier alpha value is -1.36. The Morgan fingerprint density at radius 3 is 1.97 bits per heavy atom. The number of nitrogens with one attached hydrogen (secondary N) is 1. The van der Waals surface area contributed by atoms with Crippen LogP contribution in [0.25, 0.3) is 0 Å². The van der Waals surface area contributed by atoms with Crippen molar-refractivity contribution in [2.24, 2.45) is 0 Å². The summed E-state index contributed by atoms with van der Waals surface area (Å²) in [7, 11) is 3.57. The van der Waals surface area contributed by atoms with Crippen LogP contribution in [0.4, 0.5) is 0 Å². The van der Waals surface area contributed by atoms with E-state index in [4.69, 9.17) is 5.11 Å². The predicted molar refractivity (Wildman–Crippen MR) is 127 cm³/mol. The number of carboxylic acid groups (broad SMARTS) is 1. The molecule has 0 aliphatic heterocycles. The number of allylic oxidation sites excluding steroid dienone is 2. The standard InChI is InChI=1S/C25H48N2O3/c1-4-5-6-7-8-9-10-11-12-13-14-15-16-17-21-24(28)26-22-19-18-20-23(25(29)30)27(2)3/h12-13,23H,4-11,14-22H2,1-3H3,(H,26,28)(H,29,30)/b13-12+/t23-/m0/s1. The van der Waals surface area contributed by atoms with E-state index in [9.17, 15) is 9.59 Å². The Labute approximate surface area is 185 Å². The average molecular weight is 425 g/mol. The van der Waals surface area contributed by atoms with Gasteiger partial charge in [-0.1, -0.05) is 64.0 Å². The van der Waals surface area contributed by atoms with Gasteiger partial charge in [0.05, 0.1) is 0 Å². The van der Waals surface area contributed by atoms with Crippen LogP contribution in [0.3, 0.4) is 0 Å². The van der Waals surface area contributed by atoms with Gasteiger partial charge in [0.25, 0.3) is 0 Å². The van der Waals surface area contributed by atoms with E-state index in [2.05, 4.69) is 24.4 Å². The number of rotatable bonds is 21. The second-order valence-corrected chi connectivity index (χ2v) is 8.64. The van der Waals surface area contributed by atoms with Crippen LogP contribution in [-0.2, 0) is 9.59 Å². The van der Waals surface area contributed by atoms with Gasteiger partial charge in [-0.25, -0.2) is 0 Å². The highest BCUT2D eigenvalue weighted by molar-refractivity contribution is 5.75. The first-order valence-electron chi connectivity index (χ1n) is 12.3. The molecule has 0 aromatic heterocycles. The summed E-state index contributed by atoms with van der Waals surface area (Å²) in [6.45, 7) is 2.90. The molecule has 0 spiro atoms. The van der Waals surface area contributed by atoms with Crippen LogP contribution in [-0.4, -0.2) is 48.6 Å². The summed E-state index contributed by atoms with van der Waals surface area (Å²) in [6, 6.07) is -0.440. The van der Waals surface area contributed by atoms with Gasteiger partial charge in [-0.05, 0) is 65.5 Å². The monoisotopic (exact) mass is 424 g/mol. The molecule has 0 radical (unpaired) electrons. The zero-order chi connectivity index (χ0) is 22.5. The summed E-state index contributed by atoms with van der Waals surface area (Å²) in [6.07, 6.45) is 22.5. The third-order valence-corrected chi connectivity index (χ3v) is 5.55. The van der Waals surface area contributed by atoms with Crippen molar-refractivity contribution in [2.75, 3.05) is 20.6 Å². The first-order chi connectivity index (χ1) is 14.5. The van der Waals surface area contributed by atoms with Gasteiger partial charge in [0.1, 0.15) is 6.04 Å². The Bertz CT molecular complexity index is 450. The number of hydrogen-bond donors (Lipinski definition) is 2. The highest BCUT2D eigenvalue weighted by atomic mass is 16.4. The Morgan fingerprint density at radius 2 is 1.40 bits per heavy atom. The Balaban J connectivity index is 3.42. The zero-order valence-corrected chi connectivity index (χ0v) is 20.0. The van der Waals surface area contributed by atoms with Crippen LogP contribution in [0.2, 0.25) is 0 Å². The average Bonchev–Trinajstić information content (AvgIpc) is 2.70. The zero-order valence-electron chi connectivity index (χ0n) is 20.0. The van der Waals surface area contributed by atoms with Gasteiger partial charge >= 0.3 is 5.97 Å². The van der Waals surface area contributed by atoms with Crippen LogP contribution in [0, 0.1) is 0 Å². The van der Waals surface area contributed by atoms with Crippen LogP contribution in [0.5, 0.6) is 0 Å². The highest BCUT2D eigenvalue weighted by Crippen LogP contribution is 2.10. The largest absolute Gasteiger partial charge is 0.480 e. The summed E-state index contributed by atoms with van der Waals surface area (Å²) in [5.41, 5.74) is 0. The minimum atomic E-state index is -0.781. The molecule has 0 rings (SSSR count). The third-order valence-electron chi connectivity index (χ3n) is 5.55. The first-order valence-corrected chi connectivity index (χ1v) is 12.3. The molecule has 1 atom stereocenters. The molecule has 0 aromatic rings. The van der Waals surface area contributed by atoms with E-state index in [1.165, 1.54) is 51.4 Å². The lowest BCUT2D eigenvalue weighted by Gasteiger charge is -2.19. The van der Waals surface area contributed by atoms with Crippen molar-refractivity contribution in [3.8, 4) is 0 Å². The second-order valence-electron chi connectivity index (χ2n) is 8.64. The van der Waals surface area contributed by atoms with E-state index in [1.54, 1.807) is 19.0 Å². The molecule has 0 aliphatic carbocycles. The van der Waals surface area contributed by atoms with Crippen molar-refractivity contribution in [3.63, 3.8) is 0 Å². The predicted octanol–water partition coefficient (Wildman–Crippen LogP) is 5.94. The van der Waals surface area contributed by atoms with Crippen molar-refractivity contribution >= 4 is 11.9 Å². The number of carboxylic acids is 1. The maximum Gasteiger partial charge on any atom is 0.320 e. The van der Waals surface area contributed by atoms with Crippen molar-refractivity contribution < 1.29 is 14.7 Å². The van der Waals surface area contributed by atoms with Gasteiger partial charge in [-0.15, -0.1) is 0 Å². The molecule has 0 aromatic carbocycles. The summed E-state index contributed by atoms with van der Waals surface area (Å²) < 4.78 is 0. The number of aliphatic carboxylic acids is 1. The van der Waals surface area contributed by atoms with E-state index in [1.807, 2.05) is 0 Å². The molecular weight excluding hydrogens is 376 g/mol. The van der Waals surface area contributed by atoms with Gasteiger partial charge in [-0.3, -0.25) is 14.5 Å². The lowest BCUT2D eigenvalue weighted by Crippen LogP contribution is -2.35. The van der Waals surface area contributed by atoms with E-state index in [-0.39, 0.29) is 5.91 Å². The van der Waals surface area contributed by atoms with Gasteiger partial charge in [0.2, 0.25) is 5.91 Å². The first kappa shape index (κ1) is 28.6. The van der Waals surface area contributed by atoms with Gasteiger partial charge in [-0.2, -0.15) is 0 Å². The van der Waals surface area contributed by atoms with E-state index >= 15 is 0 Å². The molecule has 0 heterocycles. The number of hydrogen-bond acceptors (Lipinski definition) is 3. The van der Waals surface area contributed by atoms with E-state index in [0.717, 1.165) is 38.5 Å². The van der Waals surface area contributed by atoms with Gasteiger partial charge in [0, 0.05) is 13.0 Å².